The van der Waals surface area contributed by atoms with Gasteiger partial charge in [-0.15, -0.1) is 0 Å². The van der Waals surface area contributed by atoms with Crippen LogP contribution in [-0.4, -0.2) is 22.4 Å². The van der Waals surface area contributed by atoms with Crippen molar-refractivity contribution in [1.29, 1.82) is 0 Å². The molecule has 0 bridgehead atoms. The predicted molar refractivity (Wildman–Crippen MR) is 100 cm³/mol. The molecule has 1 N–H and O–H groups in total. The van der Waals surface area contributed by atoms with Crippen molar-refractivity contribution in [2.24, 2.45) is 0 Å². The first-order valence-electron chi connectivity index (χ1n) is 8.20. The second-order valence-electron chi connectivity index (χ2n) is 5.67. The molecule has 3 aromatic rings. The number of benzene rings is 2. The summed E-state index contributed by atoms with van der Waals surface area (Å²) in [4.78, 5) is 22.9. The number of carbonyl (C=O) groups excluding carboxylic acids is 1. The van der Waals surface area contributed by atoms with Gasteiger partial charge in [-0.3, -0.25) is 4.79 Å². The second kappa shape index (κ2) is 7.57. The molecule has 0 unspecified atom stereocenters. The molecule has 2 aromatic carbocycles. The third-order valence-electron chi connectivity index (χ3n) is 3.81. The van der Waals surface area contributed by atoms with Gasteiger partial charge in [0.15, 0.2) is 0 Å². The molecule has 0 atom stereocenters. The third kappa shape index (κ3) is 4.01. The van der Waals surface area contributed by atoms with Crippen molar-refractivity contribution in [3.8, 4) is 0 Å². The van der Waals surface area contributed by atoms with Gasteiger partial charge in [-0.25, -0.2) is 9.97 Å². The lowest BCUT2D eigenvalue weighted by Gasteiger charge is -2.20. The summed E-state index contributed by atoms with van der Waals surface area (Å²) in [6.07, 6.45) is 1.41. The molecule has 0 fully saturated rings. The Bertz CT molecular complexity index is 864. The number of para-hydroxylation sites is 1. The highest BCUT2D eigenvalue weighted by Crippen LogP contribution is 2.19. The summed E-state index contributed by atoms with van der Waals surface area (Å²) in [6, 6.07) is 19.2. The Labute approximate surface area is 147 Å². The SMILES string of the molecule is CCN(C(=O)c1cc(Nc2cccc(C)c2)ncn1)c1ccccc1. The fourth-order valence-electron chi connectivity index (χ4n) is 2.60. The van der Waals surface area contributed by atoms with E-state index in [4.69, 9.17) is 0 Å². The van der Waals surface area contributed by atoms with Crippen LogP contribution in [-0.2, 0) is 0 Å². The molecule has 0 saturated carbocycles. The van der Waals surface area contributed by atoms with Gasteiger partial charge in [0.2, 0.25) is 0 Å². The number of nitrogens with zero attached hydrogens (tertiary/aromatic N) is 3. The van der Waals surface area contributed by atoms with Crippen LogP contribution in [0.2, 0.25) is 0 Å². The molecular formula is C20H20N4O. The molecule has 0 aliphatic carbocycles. The molecule has 0 radical (unpaired) electrons. The number of nitrogens with one attached hydrogen (secondary N) is 1. The van der Waals surface area contributed by atoms with Crippen molar-refractivity contribution in [2.45, 2.75) is 13.8 Å². The second-order valence-corrected chi connectivity index (χ2v) is 5.67. The van der Waals surface area contributed by atoms with Gasteiger partial charge in [0, 0.05) is 24.0 Å². The zero-order valence-electron chi connectivity index (χ0n) is 14.3. The molecule has 1 heterocycles. The maximum atomic E-state index is 12.8. The molecule has 0 spiro atoms. The van der Waals surface area contributed by atoms with E-state index in [-0.39, 0.29) is 5.91 Å². The lowest BCUT2D eigenvalue weighted by atomic mass is 10.2. The Morgan fingerprint density at radius 3 is 2.56 bits per heavy atom. The Balaban J connectivity index is 1.84. The van der Waals surface area contributed by atoms with Crippen molar-refractivity contribution in [1.82, 2.24) is 9.97 Å². The summed E-state index contributed by atoms with van der Waals surface area (Å²) in [6.45, 7) is 4.53. The first-order chi connectivity index (χ1) is 12.2. The quantitative estimate of drug-likeness (QED) is 0.761. The Hall–Kier alpha value is -3.21. The molecule has 0 saturated heterocycles. The van der Waals surface area contributed by atoms with Crippen molar-refractivity contribution in [2.75, 3.05) is 16.8 Å². The van der Waals surface area contributed by atoms with Crippen LogP contribution in [0.1, 0.15) is 23.0 Å². The topological polar surface area (TPSA) is 58.1 Å². The van der Waals surface area contributed by atoms with Gasteiger partial charge in [0.1, 0.15) is 17.8 Å². The number of aromatic nitrogens is 2. The summed E-state index contributed by atoms with van der Waals surface area (Å²) >= 11 is 0. The maximum absolute atomic E-state index is 12.8. The lowest BCUT2D eigenvalue weighted by Crippen LogP contribution is -2.31. The summed E-state index contributed by atoms with van der Waals surface area (Å²) in [5, 5.41) is 3.21. The Morgan fingerprint density at radius 1 is 1.04 bits per heavy atom. The zero-order chi connectivity index (χ0) is 17.6. The minimum Gasteiger partial charge on any atom is -0.340 e. The van der Waals surface area contributed by atoms with Crippen molar-refractivity contribution in [3.05, 3.63) is 78.2 Å². The Kier molecular flexibility index (Phi) is 5.04. The molecule has 25 heavy (non-hydrogen) atoms. The summed E-state index contributed by atoms with van der Waals surface area (Å²) in [7, 11) is 0. The molecule has 5 heteroatoms. The molecular weight excluding hydrogens is 312 g/mol. The number of carbonyl (C=O) groups is 1. The van der Waals surface area contributed by atoms with Crippen LogP contribution in [0.4, 0.5) is 17.2 Å². The molecule has 0 aliphatic rings. The van der Waals surface area contributed by atoms with Crippen molar-refractivity contribution >= 4 is 23.1 Å². The van der Waals surface area contributed by atoms with E-state index >= 15 is 0 Å². The van der Waals surface area contributed by atoms with Crippen LogP contribution in [0.15, 0.2) is 67.0 Å². The van der Waals surface area contributed by atoms with E-state index in [1.807, 2.05) is 68.4 Å². The van der Waals surface area contributed by atoms with Crippen LogP contribution in [0.3, 0.4) is 0 Å². The molecule has 1 amide bonds. The number of hydrogen-bond acceptors (Lipinski definition) is 4. The molecule has 126 valence electrons. The minimum absolute atomic E-state index is 0.150. The standard InChI is InChI=1S/C20H20N4O/c1-3-24(17-10-5-4-6-11-17)20(25)18-13-19(22-14-21-18)23-16-9-7-8-15(2)12-16/h4-14H,3H2,1-2H3,(H,21,22,23). The number of aryl methyl sites for hydroxylation is 1. The first-order valence-corrected chi connectivity index (χ1v) is 8.20. The molecule has 3 rings (SSSR count). The highest BCUT2D eigenvalue weighted by Gasteiger charge is 2.17. The Morgan fingerprint density at radius 2 is 1.84 bits per heavy atom. The zero-order valence-corrected chi connectivity index (χ0v) is 14.3. The van der Waals surface area contributed by atoms with E-state index in [1.165, 1.54) is 6.33 Å². The fourth-order valence-corrected chi connectivity index (χ4v) is 2.60. The summed E-state index contributed by atoms with van der Waals surface area (Å²) in [5.41, 5.74) is 3.28. The van der Waals surface area contributed by atoms with E-state index < -0.39 is 0 Å². The van der Waals surface area contributed by atoms with Crippen LogP contribution < -0.4 is 10.2 Å². The van der Waals surface area contributed by atoms with Crippen LogP contribution >= 0.6 is 0 Å². The molecule has 0 aliphatic heterocycles. The highest BCUT2D eigenvalue weighted by molar-refractivity contribution is 6.05. The van der Waals surface area contributed by atoms with E-state index in [0.29, 0.717) is 18.1 Å². The largest absolute Gasteiger partial charge is 0.340 e. The fraction of sp³-hybridized carbons (Fsp3) is 0.150. The monoisotopic (exact) mass is 332 g/mol. The van der Waals surface area contributed by atoms with E-state index in [1.54, 1.807) is 11.0 Å². The maximum Gasteiger partial charge on any atom is 0.277 e. The average Bonchev–Trinajstić information content (AvgIpc) is 2.63. The van der Waals surface area contributed by atoms with E-state index in [9.17, 15) is 4.79 Å². The van der Waals surface area contributed by atoms with Gasteiger partial charge < -0.3 is 10.2 Å². The number of hydrogen-bond donors (Lipinski definition) is 1. The number of amides is 1. The van der Waals surface area contributed by atoms with E-state index in [0.717, 1.165) is 16.9 Å². The van der Waals surface area contributed by atoms with Crippen LogP contribution in [0, 0.1) is 6.92 Å². The predicted octanol–water partition coefficient (Wildman–Crippen LogP) is 4.20. The number of rotatable bonds is 5. The summed E-state index contributed by atoms with van der Waals surface area (Å²) in [5.74, 6) is 0.441. The van der Waals surface area contributed by atoms with Crippen LogP contribution in [0.5, 0.6) is 0 Å². The minimum atomic E-state index is -0.150. The van der Waals surface area contributed by atoms with Gasteiger partial charge in [-0.05, 0) is 43.7 Å². The molecule has 1 aromatic heterocycles. The normalized spacial score (nSPS) is 10.3. The van der Waals surface area contributed by atoms with Gasteiger partial charge in [-0.1, -0.05) is 30.3 Å². The lowest BCUT2D eigenvalue weighted by molar-refractivity contribution is 0.0983. The van der Waals surface area contributed by atoms with Gasteiger partial charge in [-0.2, -0.15) is 0 Å². The van der Waals surface area contributed by atoms with Crippen molar-refractivity contribution in [3.63, 3.8) is 0 Å². The van der Waals surface area contributed by atoms with E-state index in [2.05, 4.69) is 15.3 Å². The van der Waals surface area contributed by atoms with Gasteiger partial charge in [0.25, 0.3) is 5.91 Å². The van der Waals surface area contributed by atoms with Gasteiger partial charge in [0.05, 0.1) is 0 Å². The average molecular weight is 332 g/mol. The molecule has 5 nitrogen and oxygen atoms in total. The highest BCUT2D eigenvalue weighted by atomic mass is 16.2. The smallest absolute Gasteiger partial charge is 0.277 e. The summed E-state index contributed by atoms with van der Waals surface area (Å²) < 4.78 is 0. The first kappa shape index (κ1) is 16.6. The van der Waals surface area contributed by atoms with Crippen LogP contribution in [0.25, 0.3) is 0 Å². The van der Waals surface area contributed by atoms with Gasteiger partial charge >= 0.3 is 0 Å². The van der Waals surface area contributed by atoms with Crippen molar-refractivity contribution < 1.29 is 4.79 Å². The number of anilines is 3. The third-order valence-corrected chi connectivity index (χ3v) is 3.81.